The zero-order valence-electron chi connectivity index (χ0n) is 26.8. The molecule has 3 aromatic rings. The van der Waals surface area contributed by atoms with E-state index in [0.29, 0.717) is 35.6 Å². The molecule has 0 aliphatic heterocycles. The second-order valence-corrected chi connectivity index (χ2v) is 15.3. The topological polar surface area (TPSA) is 169 Å². The summed E-state index contributed by atoms with van der Waals surface area (Å²) >= 11 is 1.45. The predicted octanol–water partition coefficient (Wildman–Crippen LogP) is 6.54. The van der Waals surface area contributed by atoms with Crippen LogP contribution in [-0.4, -0.2) is 75.7 Å². The summed E-state index contributed by atoms with van der Waals surface area (Å²) in [5, 5.41) is 0.681. The Morgan fingerprint density at radius 2 is 1.50 bits per heavy atom. The molecule has 46 heavy (non-hydrogen) atoms. The number of fused-ring (bicyclic) bond motifs is 1. The molecule has 0 bridgehead atoms. The molecule has 1 aliphatic rings. The fraction of sp³-hybridized carbons (Fsp3) is 0.552. The zero-order chi connectivity index (χ0) is 33.6. The second kappa shape index (κ2) is 14.6. The van der Waals surface area contributed by atoms with E-state index in [1.54, 1.807) is 55.0 Å². The Bertz CT molecular complexity index is 1510. The van der Waals surface area contributed by atoms with Gasteiger partial charge in [0.05, 0.1) is 25.6 Å². The van der Waals surface area contributed by atoms with Gasteiger partial charge in [0.2, 0.25) is 13.6 Å². The van der Waals surface area contributed by atoms with E-state index in [1.165, 1.54) is 18.1 Å². The summed E-state index contributed by atoms with van der Waals surface area (Å²) in [6, 6.07) is 7.60. The van der Waals surface area contributed by atoms with Crippen LogP contribution in [0.15, 0.2) is 46.8 Å². The molecule has 1 aromatic carbocycles. The maximum atomic E-state index is 13.6. The standard InChI is InChI=1S/C29H39N4O11PS/c1-27(2,3)43-25(34)38-17-41-45(36,42-18-39-26(35)44-28(4,5)6)19-40-29(12-13-29)14-33-16-32-22-23(33)30-15-31-24(22)46-21-10-8-20(37-7)9-11-21/h8-11,15-16H,12-14,17-19H2,1-7H3. The third kappa shape index (κ3) is 10.8. The Morgan fingerprint density at radius 1 is 0.913 bits per heavy atom. The van der Waals surface area contributed by atoms with Gasteiger partial charge in [-0.3, -0.25) is 13.6 Å². The maximum absolute atomic E-state index is 13.6. The Hall–Kier alpha value is -3.43. The fourth-order valence-electron chi connectivity index (χ4n) is 3.80. The minimum absolute atomic E-state index is 0.343. The first-order valence-corrected chi connectivity index (χ1v) is 16.8. The van der Waals surface area contributed by atoms with Crippen LogP contribution in [0.2, 0.25) is 0 Å². The molecule has 0 radical (unpaired) electrons. The molecule has 15 nitrogen and oxygen atoms in total. The molecule has 4 rings (SSSR count). The monoisotopic (exact) mass is 682 g/mol. The number of benzene rings is 1. The lowest BCUT2D eigenvalue weighted by Crippen LogP contribution is -2.26. The van der Waals surface area contributed by atoms with Crippen molar-refractivity contribution in [2.24, 2.45) is 0 Å². The smallest absolute Gasteiger partial charge is 0.497 e. The second-order valence-electron chi connectivity index (χ2n) is 12.3. The Balaban J connectivity index is 1.40. The summed E-state index contributed by atoms with van der Waals surface area (Å²) in [6.07, 6.45) is 1.84. The minimum Gasteiger partial charge on any atom is -0.497 e. The van der Waals surface area contributed by atoms with Gasteiger partial charge in [0.1, 0.15) is 40.2 Å². The van der Waals surface area contributed by atoms with Gasteiger partial charge in [0, 0.05) is 4.90 Å². The van der Waals surface area contributed by atoms with Gasteiger partial charge >= 0.3 is 19.9 Å². The van der Waals surface area contributed by atoms with Gasteiger partial charge in [-0.2, -0.15) is 0 Å². The molecule has 1 fully saturated rings. The Labute approximate surface area is 271 Å². The summed E-state index contributed by atoms with van der Waals surface area (Å²) < 4.78 is 57.3. The first-order valence-electron chi connectivity index (χ1n) is 14.3. The number of nitrogens with zero attached hydrogens (tertiary/aromatic N) is 4. The van der Waals surface area contributed by atoms with Crippen LogP contribution in [0.3, 0.4) is 0 Å². The third-order valence-electron chi connectivity index (χ3n) is 6.07. The number of carbonyl (C=O) groups excluding carboxylic acids is 2. The Morgan fingerprint density at radius 3 is 2.02 bits per heavy atom. The van der Waals surface area contributed by atoms with Gasteiger partial charge in [-0.1, -0.05) is 11.8 Å². The van der Waals surface area contributed by atoms with E-state index < -0.39 is 56.6 Å². The lowest BCUT2D eigenvalue weighted by Gasteiger charge is -2.23. The van der Waals surface area contributed by atoms with Crippen molar-refractivity contribution in [2.45, 2.75) is 87.7 Å². The molecule has 0 saturated heterocycles. The van der Waals surface area contributed by atoms with Crippen molar-refractivity contribution in [1.82, 2.24) is 19.5 Å². The molecule has 0 N–H and O–H groups in total. The number of carbonyl (C=O) groups is 2. The van der Waals surface area contributed by atoms with Crippen molar-refractivity contribution in [3.8, 4) is 5.75 Å². The SMILES string of the molecule is COc1ccc(Sc2ncnc3c2ncn3CC2(OCP(=O)(OCOC(=O)OC(C)(C)C)OCOC(=O)OC(C)(C)C)CC2)cc1. The Kier molecular flexibility index (Phi) is 11.2. The highest BCUT2D eigenvalue weighted by molar-refractivity contribution is 7.99. The van der Waals surface area contributed by atoms with Gasteiger partial charge < -0.3 is 33.0 Å². The number of imidazole rings is 1. The van der Waals surface area contributed by atoms with E-state index in [0.717, 1.165) is 10.6 Å². The third-order valence-corrected chi connectivity index (χ3v) is 8.51. The molecular weight excluding hydrogens is 643 g/mol. The molecular formula is C29H39N4O11PS. The highest BCUT2D eigenvalue weighted by Gasteiger charge is 2.47. The number of hydrogen-bond acceptors (Lipinski definition) is 15. The summed E-state index contributed by atoms with van der Waals surface area (Å²) in [5.74, 6) is 0.752. The van der Waals surface area contributed by atoms with Crippen molar-refractivity contribution >= 4 is 42.8 Å². The van der Waals surface area contributed by atoms with Crippen LogP contribution in [0, 0.1) is 0 Å². The highest BCUT2D eigenvalue weighted by atomic mass is 32.2. The number of rotatable bonds is 14. The molecule has 0 atom stereocenters. The van der Waals surface area contributed by atoms with Crippen molar-refractivity contribution in [2.75, 3.05) is 27.0 Å². The molecule has 0 unspecified atom stereocenters. The van der Waals surface area contributed by atoms with Crippen LogP contribution in [0.25, 0.3) is 11.2 Å². The molecule has 17 heteroatoms. The molecule has 252 valence electrons. The molecule has 2 aromatic heterocycles. The fourth-order valence-corrected chi connectivity index (χ4v) is 5.72. The van der Waals surface area contributed by atoms with Crippen LogP contribution in [-0.2, 0) is 43.8 Å². The highest BCUT2D eigenvalue weighted by Crippen LogP contribution is 2.52. The number of hydrogen-bond donors (Lipinski definition) is 0. The van der Waals surface area contributed by atoms with Gasteiger partial charge in [-0.05, 0) is 78.6 Å². The molecule has 2 heterocycles. The van der Waals surface area contributed by atoms with Crippen LogP contribution < -0.4 is 4.74 Å². The summed E-state index contributed by atoms with van der Waals surface area (Å²) in [4.78, 5) is 38.2. The van der Waals surface area contributed by atoms with E-state index in [-0.39, 0.29) is 0 Å². The molecule has 1 aliphatic carbocycles. The zero-order valence-corrected chi connectivity index (χ0v) is 28.6. The van der Waals surface area contributed by atoms with E-state index in [9.17, 15) is 14.2 Å². The summed E-state index contributed by atoms with van der Waals surface area (Å²) in [5.41, 5.74) is -1.11. The molecule has 1 saturated carbocycles. The quantitative estimate of drug-likeness (QED) is 0.0777. The van der Waals surface area contributed by atoms with Gasteiger partial charge in [0.15, 0.2) is 5.65 Å². The van der Waals surface area contributed by atoms with Gasteiger partial charge in [-0.25, -0.2) is 24.5 Å². The normalized spacial score (nSPS) is 14.5. The molecule has 0 spiro atoms. The lowest BCUT2D eigenvalue weighted by atomic mass is 10.2. The van der Waals surface area contributed by atoms with Gasteiger partial charge in [0.25, 0.3) is 0 Å². The van der Waals surface area contributed by atoms with Gasteiger partial charge in [-0.15, -0.1) is 0 Å². The van der Waals surface area contributed by atoms with E-state index in [1.807, 2.05) is 28.8 Å². The van der Waals surface area contributed by atoms with E-state index in [2.05, 4.69) is 15.0 Å². The van der Waals surface area contributed by atoms with Crippen LogP contribution in [0.1, 0.15) is 54.4 Å². The van der Waals surface area contributed by atoms with Crippen molar-refractivity contribution in [1.29, 1.82) is 0 Å². The van der Waals surface area contributed by atoms with E-state index >= 15 is 0 Å². The predicted molar refractivity (Wildman–Crippen MR) is 165 cm³/mol. The lowest BCUT2D eigenvalue weighted by molar-refractivity contribution is -0.0568. The maximum Gasteiger partial charge on any atom is 0.510 e. The average Bonchev–Trinajstić information content (AvgIpc) is 3.61. The van der Waals surface area contributed by atoms with Crippen LogP contribution in [0.4, 0.5) is 9.59 Å². The van der Waals surface area contributed by atoms with Crippen molar-refractivity contribution < 1.29 is 51.6 Å². The minimum atomic E-state index is -4.13. The summed E-state index contributed by atoms with van der Waals surface area (Å²) in [6.45, 7) is 8.81. The average molecular weight is 683 g/mol. The molecule has 0 amide bonds. The number of ether oxygens (including phenoxy) is 6. The van der Waals surface area contributed by atoms with Crippen molar-refractivity contribution in [3.05, 3.63) is 36.9 Å². The number of methoxy groups -OCH3 is 1. The van der Waals surface area contributed by atoms with Crippen LogP contribution >= 0.6 is 19.4 Å². The van der Waals surface area contributed by atoms with Crippen molar-refractivity contribution in [3.63, 3.8) is 0 Å². The van der Waals surface area contributed by atoms with E-state index in [4.69, 9.17) is 37.5 Å². The summed E-state index contributed by atoms with van der Waals surface area (Å²) in [7, 11) is -2.52. The first kappa shape index (κ1) is 35.4. The first-order chi connectivity index (χ1) is 21.6. The number of aromatic nitrogens is 4. The largest absolute Gasteiger partial charge is 0.510 e. The van der Waals surface area contributed by atoms with Crippen LogP contribution in [0.5, 0.6) is 5.75 Å².